The van der Waals surface area contributed by atoms with Crippen molar-refractivity contribution in [3.63, 3.8) is 0 Å². The van der Waals surface area contributed by atoms with E-state index >= 15 is 0 Å². The van der Waals surface area contributed by atoms with E-state index in [1.165, 1.54) is 18.4 Å². The number of nitrogens with one attached hydrogen (secondary N) is 2. The fourth-order valence-electron chi connectivity index (χ4n) is 2.34. The van der Waals surface area contributed by atoms with Crippen molar-refractivity contribution >= 4 is 12.0 Å². The molecular formula is C15H26N2O3. The third-order valence-electron chi connectivity index (χ3n) is 3.88. The number of carboxylic acid groups (broad SMARTS) is 1. The largest absolute Gasteiger partial charge is 0.480 e. The molecule has 2 amide bonds. The second-order valence-electron chi connectivity index (χ2n) is 5.46. The number of aliphatic carboxylic acids is 1. The zero-order chi connectivity index (χ0) is 15.0. The van der Waals surface area contributed by atoms with Gasteiger partial charge in [-0.1, -0.05) is 31.9 Å². The van der Waals surface area contributed by atoms with Gasteiger partial charge in [0.25, 0.3) is 0 Å². The molecule has 0 aromatic carbocycles. The van der Waals surface area contributed by atoms with Crippen LogP contribution < -0.4 is 10.6 Å². The van der Waals surface area contributed by atoms with E-state index in [4.69, 9.17) is 5.11 Å². The Hall–Kier alpha value is -1.52. The van der Waals surface area contributed by atoms with Crippen LogP contribution in [-0.2, 0) is 4.79 Å². The van der Waals surface area contributed by atoms with E-state index in [9.17, 15) is 9.59 Å². The Morgan fingerprint density at radius 3 is 2.70 bits per heavy atom. The van der Waals surface area contributed by atoms with Gasteiger partial charge in [-0.2, -0.15) is 0 Å². The summed E-state index contributed by atoms with van der Waals surface area (Å²) < 4.78 is 0. The quantitative estimate of drug-likeness (QED) is 0.628. The van der Waals surface area contributed by atoms with Gasteiger partial charge in [0.2, 0.25) is 0 Å². The Kier molecular flexibility index (Phi) is 7.12. The maximum Gasteiger partial charge on any atom is 0.326 e. The minimum absolute atomic E-state index is 0.0840. The molecule has 114 valence electrons. The lowest BCUT2D eigenvalue weighted by molar-refractivity contribution is -0.140. The van der Waals surface area contributed by atoms with E-state index in [1.807, 2.05) is 13.8 Å². The molecule has 0 aliphatic heterocycles. The van der Waals surface area contributed by atoms with Crippen LogP contribution in [-0.4, -0.2) is 29.7 Å². The third-order valence-corrected chi connectivity index (χ3v) is 3.88. The lowest BCUT2D eigenvalue weighted by Crippen LogP contribution is -2.49. The van der Waals surface area contributed by atoms with Crippen LogP contribution in [0.1, 0.15) is 52.4 Å². The molecule has 2 atom stereocenters. The molecule has 5 nitrogen and oxygen atoms in total. The number of carbonyl (C=O) groups is 2. The van der Waals surface area contributed by atoms with E-state index in [-0.39, 0.29) is 5.92 Å². The van der Waals surface area contributed by atoms with Crippen LogP contribution in [0.5, 0.6) is 0 Å². The second-order valence-corrected chi connectivity index (χ2v) is 5.46. The number of hydrogen-bond acceptors (Lipinski definition) is 2. The molecule has 0 bridgehead atoms. The predicted octanol–water partition coefficient (Wildman–Crippen LogP) is 2.68. The van der Waals surface area contributed by atoms with Crippen molar-refractivity contribution in [3.8, 4) is 0 Å². The molecular weight excluding hydrogens is 256 g/mol. The van der Waals surface area contributed by atoms with Gasteiger partial charge in [0, 0.05) is 6.54 Å². The summed E-state index contributed by atoms with van der Waals surface area (Å²) in [6.07, 6.45) is 8.56. The van der Waals surface area contributed by atoms with Gasteiger partial charge in [-0.05, 0) is 38.0 Å². The first-order chi connectivity index (χ1) is 9.54. The van der Waals surface area contributed by atoms with Crippen LogP contribution in [0.2, 0.25) is 0 Å². The molecule has 0 aromatic heterocycles. The first-order valence-electron chi connectivity index (χ1n) is 7.49. The van der Waals surface area contributed by atoms with Crippen molar-refractivity contribution in [1.82, 2.24) is 10.6 Å². The van der Waals surface area contributed by atoms with Crippen molar-refractivity contribution in [1.29, 1.82) is 0 Å². The first-order valence-corrected chi connectivity index (χ1v) is 7.49. The standard InChI is InChI=1S/C15H26N2O3/c1-3-11(2)13(14(18)19)17-15(20)16-10-9-12-7-5-4-6-8-12/h7,11,13H,3-6,8-10H2,1-2H3,(H,18,19)(H2,16,17,20)/t11-,13+/m0/s1. The van der Waals surface area contributed by atoms with Gasteiger partial charge in [-0.25, -0.2) is 9.59 Å². The van der Waals surface area contributed by atoms with Crippen molar-refractivity contribution in [3.05, 3.63) is 11.6 Å². The number of rotatable bonds is 7. The Morgan fingerprint density at radius 2 is 2.15 bits per heavy atom. The van der Waals surface area contributed by atoms with E-state index in [1.54, 1.807) is 0 Å². The average Bonchev–Trinajstić information content (AvgIpc) is 2.45. The molecule has 1 aliphatic rings. The normalized spacial score (nSPS) is 17.8. The highest BCUT2D eigenvalue weighted by Crippen LogP contribution is 2.19. The van der Waals surface area contributed by atoms with Crippen LogP contribution in [0.3, 0.4) is 0 Å². The molecule has 0 unspecified atom stereocenters. The molecule has 1 rings (SSSR count). The molecule has 0 heterocycles. The van der Waals surface area contributed by atoms with E-state index in [2.05, 4.69) is 16.7 Å². The number of carbonyl (C=O) groups excluding carboxylic acids is 1. The highest BCUT2D eigenvalue weighted by Gasteiger charge is 2.24. The summed E-state index contributed by atoms with van der Waals surface area (Å²) >= 11 is 0. The molecule has 0 fully saturated rings. The maximum absolute atomic E-state index is 11.7. The molecule has 3 N–H and O–H groups in total. The lowest BCUT2D eigenvalue weighted by Gasteiger charge is -2.20. The zero-order valence-electron chi connectivity index (χ0n) is 12.4. The summed E-state index contributed by atoms with van der Waals surface area (Å²) in [4.78, 5) is 22.8. The monoisotopic (exact) mass is 282 g/mol. The summed E-state index contributed by atoms with van der Waals surface area (Å²) in [5.41, 5.74) is 1.40. The van der Waals surface area contributed by atoms with Crippen molar-refractivity contribution < 1.29 is 14.7 Å². The van der Waals surface area contributed by atoms with Crippen LogP contribution in [0, 0.1) is 5.92 Å². The van der Waals surface area contributed by atoms with Gasteiger partial charge in [-0.3, -0.25) is 0 Å². The lowest BCUT2D eigenvalue weighted by atomic mass is 9.97. The Morgan fingerprint density at radius 1 is 1.40 bits per heavy atom. The number of carboxylic acids is 1. The van der Waals surface area contributed by atoms with Gasteiger partial charge in [-0.15, -0.1) is 0 Å². The van der Waals surface area contributed by atoms with E-state index in [0.29, 0.717) is 13.0 Å². The van der Waals surface area contributed by atoms with Crippen LogP contribution in [0.25, 0.3) is 0 Å². The van der Waals surface area contributed by atoms with Crippen molar-refractivity contribution in [2.24, 2.45) is 5.92 Å². The minimum atomic E-state index is -0.982. The van der Waals surface area contributed by atoms with Crippen molar-refractivity contribution in [2.45, 2.75) is 58.4 Å². The average molecular weight is 282 g/mol. The number of hydrogen-bond donors (Lipinski definition) is 3. The van der Waals surface area contributed by atoms with Gasteiger partial charge < -0.3 is 15.7 Å². The molecule has 0 aromatic rings. The summed E-state index contributed by atoms with van der Waals surface area (Å²) in [5.74, 6) is -1.07. The number of urea groups is 1. The van der Waals surface area contributed by atoms with Crippen LogP contribution in [0.4, 0.5) is 4.79 Å². The maximum atomic E-state index is 11.7. The fourth-order valence-corrected chi connectivity index (χ4v) is 2.34. The molecule has 0 spiro atoms. The SMILES string of the molecule is CC[C@H](C)[C@@H](NC(=O)NCCC1=CCCCC1)C(=O)O. The molecule has 20 heavy (non-hydrogen) atoms. The predicted molar refractivity (Wildman–Crippen MR) is 78.6 cm³/mol. The number of amides is 2. The zero-order valence-corrected chi connectivity index (χ0v) is 12.4. The Labute approximate surface area is 120 Å². The Bertz CT molecular complexity index is 366. The van der Waals surface area contributed by atoms with Gasteiger partial charge >= 0.3 is 12.0 Å². The smallest absolute Gasteiger partial charge is 0.326 e. The molecule has 1 aliphatic carbocycles. The summed E-state index contributed by atoms with van der Waals surface area (Å²) in [7, 11) is 0. The van der Waals surface area contributed by atoms with Crippen LogP contribution in [0.15, 0.2) is 11.6 Å². The van der Waals surface area contributed by atoms with Crippen molar-refractivity contribution in [2.75, 3.05) is 6.54 Å². The topological polar surface area (TPSA) is 78.4 Å². The summed E-state index contributed by atoms with van der Waals surface area (Å²) in [5, 5.41) is 14.4. The molecule has 0 radical (unpaired) electrons. The first kappa shape index (κ1) is 16.5. The second kappa shape index (κ2) is 8.61. The van der Waals surface area contributed by atoms with E-state index < -0.39 is 18.0 Å². The summed E-state index contributed by atoms with van der Waals surface area (Å²) in [6.45, 7) is 4.30. The van der Waals surface area contributed by atoms with Gasteiger partial charge in [0.15, 0.2) is 0 Å². The van der Waals surface area contributed by atoms with Gasteiger partial charge in [0.05, 0.1) is 0 Å². The summed E-state index contributed by atoms with van der Waals surface area (Å²) in [6, 6.07) is -1.22. The minimum Gasteiger partial charge on any atom is -0.480 e. The Balaban J connectivity index is 2.31. The number of allylic oxidation sites excluding steroid dienone is 1. The molecule has 0 saturated heterocycles. The highest BCUT2D eigenvalue weighted by atomic mass is 16.4. The van der Waals surface area contributed by atoms with Crippen LogP contribution >= 0.6 is 0 Å². The van der Waals surface area contributed by atoms with Gasteiger partial charge in [0.1, 0.15) is 6.04 Å². The molecule has 0 saturated carbocycles. The third kappa shape index (κ3) is 5.63. The fraction of sp³-hybridized carbons (Fsp3) is 0.733. The highest BCUT2D eigenvalue weighted by molar-refractivity contribution is 5.82. The molecule has 5 heteroatoms. The van der Waals surface area contributed by atoms with E-state index in [0.717, 1.165) is 19.3 Å².